The number of nitrogens with zero attached hydrogens (tertiary/aromatic N) is 2. The second kappa shape index (κ2) is 6.71. The van der Waals surface area contributed by atoms with Gasteiger partial charge in [-0.05, 0) is 25.0 Å². The van der Waals surface area contributed by atoms with Gasteiger partial charge in [-0.1, -0.05) is 60.7 Å². The summed E-state index contributed by atoms with van der Waals surface area (Å²) in [4.78, 5) is 25.5. The van der Waals surface area contributed by atoms with Crippen molar-refractivity contribution in [3.63, 3.8) is 0 Å². The van der Waals surface area contributed by atoms with E-state index in [9.17, 15) is 9.59 Å². The molecule has 0 unspecified atom stereocenters. The molecular formula is C20H20N2O2. The summed E-state index contributed by atoms with van der Waals surface area (Å²) >= 11 is 0. The molecule has 0 spiro atoms. The van der Waals surface area contributed by atoms with Crippen molar-refractivity contribution in [2.45, 2.75) is 26.9 Å². The minimum absolute atomic E-state index is 0.217. The summed E-state index contributed by atoms with van der Waals surface area (Å²) in [5.74, 6) is 0. The normalized spacial score (nSPS) is 10.8. The maximum atomic E-state index is 12.9. The second-order valence-electron chi connectivity index (χ2n) is 5.94. The first-order chi connectivity index (χ1) is 11.6. The first-order valence-corrected chi connectivity index (χ1v) is 7.96. The van der Waals surface area contributed by atoms with Crippen LogP contribution in [0.2, 0.25) is 0 Å². The van der Waals surface area contributed by atoms with Gasteiger partial charge in [0, 0.05) is 11.3 Å². The molecule has 24 heavy (non-hydrogen) atoms. The highest BCUT2D eigenvalue weighted by Crippen LogP contribution is 2.06. The summed E-state index contributed by atoms with van der Waals surface area (Å²) in [6.07, 6.45) is 0. The summed E-state index contributed by atoms with van der Waals surface area (Å²) < 4.78 is 3.00. The molecule has 1 heterocycles. The monoisotopic (exact) mass is 320 g/mol. The zero-order chi connectivity index (χ0) is 17.1. The average Bonchev–Trinajstić information content (AvgIpc) is 2.62. The quantitative estimate of drug-likeness (QED) is 0.742. The highest BCUT2D eigenvalue weighted by atomic mass is 16.2. The maximum absolute atomic E-state index is 12.9. The first kappa shape index (κ1) is 16.0. The van der Waals surface area contributed by atoms with Crippen molar-refractivity contribution < 1.29 is 0 Å². The predicted molar refractivity (Wildman–Crippen MR) is 95.5 cm³/mol. The molecule has 3 rings (SSSR count). The van der Waals surface area contributed by atoms with Gasteiger partial charge in [0.1, 0.15) is 0 Å². The summed E-state index contributed by atoms with van der Waals surface area (Å²) in [5.41, 5.74) is 2.82. The minimum atomic E-state index is -0.268. The van der Waals surface area contributed by atoms with Crippen molar-refractivity contribution in [2.24, 2.45) is 0 Å². The summed E-state index contributed by atoms with van der Waals surface area (Å²) in [6.45, 7) is 4.35. The van der Waals surface area contributed by atoms with Gasteiger partial charge in [0.2, 0.25) is 0 Å². The third-order valence-electron chi connectivity index (χ3n) is 4.34. The molecule has 0 aliphatic rings. The summed E-state index contributed by atoms with van der Waals surface area (Å²) in [6, 6.07) is 19.4. The van der Waals surface area contributed by atoms with Crippen LogP contribution >= 0.6 is 0 Å². The third-order valence-corrected chi connectivity index (χ3v) is 4.34. The van der Waals surface area contributed by atoms with Crippen LogP contribution < -0.4 is 11.2 Å². The maximum Gasteiger partial charge on any atom is 0.331 e. The zero-order valence-corrected chi connectivity index (χ0v) is 13.9. The van der Waals surface area contributed by atoms with E-state index in [2.05, 4.69) is 0 Å². The number of aromatic nitrogens is 2. The van der Waals surface area contributed by atoms with Crippen LogP contribution in [-0.2, 0) is 13.1 Å². The van der Waals surface area contributed by atoms with Crippen LogP contribution in [0.5, 0.6) is 0 Å². The molecule has 3 aromatic rings. The van der Waals surface area contributed by atoms with E-state index in [1.54, 1.807) is 11.5 Å². The van der Waals surface area contributed by atoms with E-state index in [0.717, 1.165) is 16.8 Å². The summed E-state index contributed by atoms with van der Waals surface area (Å²) in [5, 5.41) is 0. The molecule has 0 N–H and O–H groups in total. The Hall–Kier alpha value is -2.88. The van der Waals surface area contributed by atoms with Gasteiger partial charge in [0.25, 0.3) is 5.56 Å². The van der Waals surface area contributed by atoms with Crippen molar-refractivity contribution in [3.05, 3.63) is 104 Å². The molecule has 4 nitrogen and oxygen atoms in total. The van der Waals surface area contributed by atoms with Gasteiger partial charge in [0.15, 0.2) is 0 Å². The van der Waals surface area contributed by atoms with Crippen molar-refractivity contribution in [3.8, 4) is 0 Å². The minimum Gasteiger partial charge on any atom is -0.293 e. The topological polar surface area (TPSA) is 44.0 Å². The number of hydrogen-bond donors (Lipinski definition) is 0. The van der Waals surface area contributed by atoms with E-state index >= 15 is 0 Å². The van der Waals surface area contributed by atoms with Crippen molar-refractivity contribution in [1.29, 1.82) is 0 Å². The molecule has 122 valence electrons. The lowest BCUT2D eigenvalue weighted by Gasteiger charge is -2.16. The largest absolute Gasteiger partial charge is 0.331 e. The predicted octanol–water partition coefficient (Wildman–Crippen LogP) is 2.72. The Morgan fingerprint density at radius 1 is 0.708 bits per heavy atom. The lowest BCUT2D eigenvalue weighted by molar-refractivity contribution is 0.591. The van der Waals surface area contributed by atoms with Gasteiger partial charge in [-0.2, -0.15) is 0 Å². The molecule has 0 aliphatic carbocycles. The highest BCUT2D eigenvalue weighted by molar-refractivity contribution is 5.21. The van der Waals surface area contributed by atoms with E-state index in [0.29, 0.717) is 12.1 Å². The average molecular weight is 320 g/mol. The van der Waals surface area contributed by atoms with Gasteiger partial charge in [-0.3, -0.25) is 13.9 Å². The Morgan fingerprint density at radius 3 is 1.67 bits per heavy atom. The molecule has 0 radical (unpaired) electrons. The van der Waals surface area contributed by atoms with E-state index < -0.39 is 0 Å². The Balaban J connectivity index is 2.10. The van der Waals surface area contributed by atoms with Crippen LogP contribution in [-0.4, -0.2) is 9.13 Å². The molecule has 1 aromatic heterocycles. The van der Waals surface area contributed by atoms with Crippen LogP contribution in [0, 0.1) is 13.8 Å². The molecule has 0 amide bonds. The first-order valence-electron chi connectivity index (χ1n) is 7.96. The van der Waals surface area contributed by atoms with E-state index in [-0.39, 0.29) is 17.8 Å². The molecule has 0 atom stereocenters. The van der Waals surface area contributed by atoms with Gasteiger partial charge in [0.05, 0.1) is 13.1 Å². The van der Waals surface area contributed by atoms with Gasteiger partial charge in [-0.25, -0.2) is 4.79 Å². The fraction of sp³-hybridized carbons (Fsp3) is 0.200. The molecule has 4 heteroatoms. The van der Waals surface area contributed by atoms with E-state index in [1.807, 2.05) is 67.6 Å². The Kier molecular flexibility index (Phi) is 4.47. The van der Waals surface area contributed by atoms with Crippen LogP contribution in [0.3, 0.4) is 0 Å². The number of benzene rings is 2. The third kappa shape index (κ3) is 3.08. The highest BCUT2D eigenvalue weighted by Gasteiger charge is 2.14. The van der Waals surface area contributed by atoms with E-state index in [1.165, 1.54) is 4.57 Å². The van der Waals surface area contributed by atoms with Gasteiger partial charge in [-0.15, -0.1) is 0 Å². The molecule has 2 aromatic carbocycles. The van der Waals surface area contributed by atoms with Gasteiger partial charge < -0.3 is 0 Å². The van der Waals surface area contributed by atoms with Crippen LogP contribution in [0.4, 0.5) is 0 Å². The standard InChI is InChI=1S/C20H20N2O2/c1-15-16(2)21(13-17-9-5-3-6-10-17)20(24)22(19(15)23)14-18-11-7-4-8-12-18/h3-12H,13-14H2,1-2H3. The number of rotatable bonds is 4. The molecule has 0 saturated carbocycles. The molecular weight excluding hydrogens is 300 g/mol. The smallest absolute Gasteiger partial charge is 0.293 e. The SMILES string of the molecule is Cc1c(C)n(Cc2ccccc2)c(=O)n(Cc2ccccc2)c1=O. The van der Waals surface area contributed by atoms with Crippen molar-refractivity contribution in [2.75, 3.05) is 0 Å². The zero-order valence-electron chi connectivity index (χ0n) is 13.9. The molecule has 0 bridgehead atoms. The molecule has 0 aliphatic heterocycles. The molecule has 0 fully saturated rings. The second-order valence-corrected chi connectivity index (χ2v) is 5.94. The van der Waals surface area contributed by atoms with E-state index in [4.69, 9.17) is 0 Å². The van der Waals surface area contributed by atoms with Crippen molar-refractivity contribution >= 4 is 0 Å². The Labute approximate surface area is 140 Å². The fourth-order valence-corrected chi connectivity index (χ4v) is 2.79. The fourth-order valence-electron chi connectivity index (χ4n) is 2.79. The Morgan fingerprint density at radius 2 is 1.17 bits per heavy atom. The lowest BCUT2D eigenvalue weighted by Crippen LogP contribution is -2.42. The lowest BCUT2D eigenvalue weighted by atomic mass is 10.2. The molecule has 0 saturated heterocycles. The number of hydrogen-bond acceptors (Lipinski definition) is 2. The summed E-state index contributed by atoms with van der Waals surface area (Å²) in [7, 11) is 0. The van der Waals surface area contributed by atoms with Gasteiger partial charge >= 0.3 is 5.69 Å². The van der Waals surface area contributed by atoms with Crippen LogP contribution in [0.1, 0.15) is 22.4 Å². The Bertz CT molecular complexity index is 955. The van der Waals surface area contributed by atoms with Crippen LogP contribution in [0.15, 0.2) is 70.3 Å². The van der Waals surface area contributed by atoms with Crippen LogP contribution in [0.25, 0.3) is 0 Å². The van der Waals surface area contributed by atoms with Crippen molar-refractivity contribution in [1.82, 2.24) is 9.13 Å².